The fraction of sp³-hybridized carbons (Fsp3) is 0.357. The number of rotatable bonds is 2. The minimum Gasteiger partial charge on any atom is -0.235 e. The molecule has 4 nitrogen and oxygen atoms in total. The highest BCUT2D eigenvalue weighted by atomic mass is 32.2. The molecule has 1 aromatic heterocycles. The van der Waals surface area contributed by atoms with Crippen molar-refractivity contribution in [2.75, 3.05) is 6.54 Å². The normalized spacial score (nSPS) is 21.0. The fourth-order valence-corrected chi connectivity index (χ4v) is 4.22. The van der Waals surface area contributed by atoms with E-state index in [1.165, 1.54) is 0 Å². The fourth-order valence-electron chi connectivity index (χ4n) is 2.58. The number of aromatic nitrogens is 1. The summed E-state index contributed by atoms with van der Waals surface area (Å²) in [5.41, 5.74) is 0.718. The lowest BCUT2D eigenvalue weighted by Crippen LogP contribution is -2.34. The monoisotopic (exact) mass is 276 g/mol. The molecule has 3 rings (SSSR count). The van der Waals surface area contributed by atoms with E-state index in [1.807, 2.05) is 37.3 Å². The Morgan fingerprint density at radius 3 is 2.74 bits per heavy atom. The number of pyridine rings is 1. The van der Waals surface area contributed by atoms with Gasteiger partial charge >= 0.3 is 0 Å². The molecular formula is C14H16N2O2S. The smallest absolute Gasteiger partial charge is 0.235 e. The maximum Gasteiger partial charge on any atom is 0.260 e. The molecule has 0 saturated carbocycles. The van der Waals surface area contributed by atoms with Gasteiger partial charge in [-0.2, -0.15) is 4.31 Å². The average molecular weight is 276 g/mol. The van der Waals surface area contributed by atoms with Crippen LogP contribution < -0.4 is 0 Å². The van der Waals surface area contributed by atoms with Gasteiger partial charge in [0.15, 0.2) is 5.03 Å². The number of hydrogen-bond acceptors (Lipinski definition) is 3. The molecule has 0 amide bonds. The van der Waals surface area contributed by atoms with Gasteiger partial charge in [-0.05, 0) is 38.0 Å². The zero-order valence-electron chi connectivity index (χ0n) is 10.8. The summed E-state index contributed by atoms with van der Waals surface area (Å²) in [6.45, 7) is 2.55. The van der Waals surface area contributed by atoms with Gasteiger partial charge in [0, 0.05) is 18.0 Å². The van der Waals surface area contributed by atoms with Crippen molar-refractivity contribution < 1.29 is 8.42 Å². The van der Waals surface area contributed by atoms with E-state index in [0.29, 0.717) is 6.54 Å². The van der Waals surface area contributed by atoms with E-state index < -0.39 is 10.0 Å². The second-order valence-corrected chi connectivity index (χ2v) is 6.79. The van der Waals surface area contributed by atoms with Crippen LogP contribution in [0.2, 0.25) is 0 Å². The second-order valence-electron chi connectivity index (χ2n) is 4.95. The molecule has 5 heteroatoms. The van der Waals surface area contributed by atoms with Crippen LogP contribution in [-0.4, -0.2) is 30.3 Å². The Labute approximate surface area is 113 Å². The standard InChI is InChI=1S/C14H16N2O2S/c1-11-5-4-10-16(11)19(17,18)14-9-8-12-6-2-3-7-13(12)15-14/h2-3,6-9,11H,4-5,10H2,1H3/t11-/m0/s1. The highest BCUT2D eigenvalue weighted by Crippen LogP contribution is 2.25. The largest absolute Gasteiger partial charge is 0.260 e. The Kier molecular flexibility index (Phi) is 3.03. The summed E-state index contributed by atoms with van der Waals surface area (Å²) in [6.07, 6.45) is 1.85. The molecule has 0 N–H and O–H groups in total. The maximum atomic E-state index is 12.6. The Balaban J connectivity index is 2.08. The van der Waals surface area contributed by atoms with Gasteiger partial charge < -0.3 is 0 Å². The molecule has 1 aliphatic rings. The molecule has 0 aliphatic carbocycles. The minimum atomic E-state index is -3.46. The predicted octanol–water partition coefficient (Wildman–Crippen LogP) is 2.41. The van der Waals surface area contributed by atoms with Crippen LogP contribution in [0.5, 0.6) is 0 Å². The topological polar surface area (TPSA) is 50.3 Å². The summed E-state index contributed by atoms with van der Waals surface area (Å²) < 4.78 is 26.7. The highest BCUT2D eigenvalue weighted by Gasteiger charge is 2.33. The SMILES string of the molecule is C[C@H]1CCCN1S(=O)(=O)c1ccc2ccccc2n1. The van der Waals surface area contributed by atoms with E-state index in [2.05, 4.69) is 4.98 Å². The Bertz CT molecular complexity index is 712. The number of para-hydroxylation sites is 1. The van der Waals surface area contributed by atoms with E-state index in [9.17, 15) is 8.42 Å². The van der Waals surface area contributed by atoms with Gasteiger partial charge in [0.2, 0.25) is 0 Å². The molecule has 19 heavy (non-hydrogen) atoms. The van der Waals surface area contributed by atoms with Crippen molar-refractivity contribution in [2.45, 2.75) is 30.8 Å². The number of nitrogens with zero attached hydrogens (tertiary/aromatic N) is 2. The first-order chi connectivity index (χ1) is 9.09. The van der Waals surface area contributed by atoms with Gasteiger partial charge in [-0.25, -0.2) is 13.4 Å². The van der Waals surface area contributed by atoms with E-state index in [4.69, 9.17) is 0 Å². The summed E-state index contributed by atoms with van der Waals surface area (Å²) in [6, 6.07) is 11.0. The molecule has 1 fully saturated rings. The number of fused-ring (bicyclic) bond motifs is 1. The van der Waals surface area contributed by atoms with Gasteiger partial charge in [0.05, 0.1) is 5.52 Å². The molecular weight excluding hydrogens is 260 g/mol. The van der Waals surface area contributed by atoms with Gasteiger partial charge in [-0.3, -0.25) is 0 Å². The zero-order valence-corrected chi connectivity index (χ0v) is 11.6. The third-order valence-electron chi connectivity index (χ3n) is 3.64. The summed E-state index contributed by atoms with van der Waals surface area (Å²) >= 11 is 0. The first-order valence-electron chi connectivity index (χ1n) is 6.47. The van der Waals surface area contributed by atoms with Crippen LogP contribution in [-0.2, 0) is 10.0 Å². The molecule has 1 atom stereocenters. The first kappa shape index (κ1) is 12.6. The third kappa shape index (κ3) is 2.13. The predicted molar refractivity (Wildman–Crippen MR) is 74.3 cm³/mol. The molecule has 2 heterocycles. The van der Waals surface area contributed by atoms with Crippen molar-refractivity contribution in [3.63, 3.8) is 0 Å². The highest BCUT2D eigenvalue weighted by molar-refractivity contribution is 7.89. The number of hydrogen-bond donors (Lipinski definition) is 0. The lowest BCUT2D eigenvalue weighted by Gasteiger charge is -2.20. The maximum absolute atomic E-state index is 12.6. The summed E-state index contributed by atoms with van der Waals surface area (Å²) in [5, 5.41) is 1.11. The van der Waals surface area contributed by atoms with E-state index >= 15 is 0 Å². The van der Waals surface area contributed by atoms with Gasteiger partial charge in [0.1, 0.15) is 0 Å². The number of benzene rings is 1. The van der Waals surface area contributed by atoms with Crippen LogP contribution in [0.3, 0.4) is 0 Å². The number of sulfonamides is 1. The molecule has 0 unspecified atom stereocenters. The molecule has 1 aromatic carbocycles. The van der Waals surface area contributed by atoms with E-state index in [0.717, 1.165) is 23.7 Å². The van der Waals surface area contributed by atoms with Crippen molar-refractivity contribution in [3.8, 4) is 0 Å². The zero-order chi connectivity index (χ0) is 13.5. The van der Waals surface area contributed by atoms with Crippen LogP contribution in [0, 0.1) is 0 Å². The van der Waals surface area contributed by atoms with E-state index in [1.54, 1.807) is 10.4 Å². The molecule has 1 saturated heterocycles. The summed E-state index contributed by atoms with van der Waals surface area (Å²) in [5.74, 6) is 0. The van der Waals surface area contributed by atoms with E-state index in [-0.39, 0.29) is 11.1 Å². The van der Waals surface area contributed by atoms with Crippen molar-refractivity contribution in [1.29, 1.82) is 0 Å². The van der Waals surface area contributed by atoms with Crippen LogP contribution in [0.15, 0.2) is 41.4 Å². The lowest BCUT2D eigenvalue weighted by atomic mass is 10.2. The molecule has 0 bridgehead atoms. The summed E-state index contributed by atoms with van der Waals surface area (Å²) in [4.78, 5) is 4.30. The molecule has 1 aliphatic heterocycles. The third-order valence-corrected chi connectivity index (χ3v) is 5.55. The van der Waals surface area contributed by atoms with Gasteiger partial charge in [-0.15, -0.1) is 0 Å². The van der Waals surface area contributed by atoms with Gasteiger partial charge in [-0.1, -0.05) is 18.2 Å². The Hall–Kier alpha value is -1.46. The molecule has 0 radical (unpaired) electrons. The Morgan fingerprint density at radius 2 is 2.00 bits per heavy atom. The quantitative estimate of drug-likeness (QED) is 0.846. The summed E-state index contributed by atoms with van der Waals surface area (Å²) in [7, 11) is -3.46. The second kappa shape index (κ2) is 4.58. The van der Waals surface area contributed by atoms with Crippen LogP contribution in [0.1, 0.15) is 19.8 Å². The lowest BCUT2D eigenvalue weighted by molar-refractivity contribution is 0.406. The Morgan fingerprint density at radius 1 is 1.21 bits per heavy atom. The van der Waals surface area contributed by atoms with Crippen molar-refractivity contribution in [1.82, 2.24) is 9.29 Å². The average Bonchev–Trinajstić information content (AvgIpc) is 2.85. The first-order valence-corrected chi connectivity index (χ1v) is 7.91. The van der Waals surface area contributed by atoms with Crippen LogP contribution >= 0.6 is 0 Å². The van der Waals surface area contributed by atoms with Crippen molar-refractivity contribution in [2.24, 2.45) is 0 Å². The molecule has 0 spiro atoms. The van der Waals surface area contributed by atoms with Crippen LogP contribution in [0.4, 0.5) is 0 Å². The molecule has 2 aromatic rings. The van der Waals surface area contributed by atoms with Crippen molar-refractivity contribution in [3.05, 3.63) is 36.4 Å². The van der Waals surface area contributed by atoms with Gasteiger partial charge in [0.25, 0.3) is 10.0 Å². The minimum absolute atomic E-state index is 0.0678. The van der Waals surface area contributed by atoms with Crippen LogP contribution in [0.25, 0.3) is 10.9 Å². The molecule has 100 valence electrons. The van der Waals surface area contributed by atoms with Crippen molar-refractivity contribution >= 4 is 20.9 Å².